The van der Waals surface area contributed by atoms with Gasteiger partial charge in [0.05, 0.1) is 11.7 Å². The van der Waals surface area contributed by atoms with Crippen molar-refractivity contribution in [1.82, 2.24) is 15.2 Å². The minimum atomic E-state index is -4.82. The smallest absolute Gasteiger partial charge is 0.465 e. The van der Waals surface area contributed by atoms with Crippen LogP contribution < -0.4 is 15.4 Å². The molecule has 0 radical (unpaired) electrons. The first-order valence-corrected chi connectivity index (χ1v) is 10.6. The maximum atomic E-state index is 12.7. The third kappa shape index (κ3) is 4.57. The van der Waals surface area contributed by atoms with Gasteiger partial charge in [0.2, 0.25) is 0 Å². The molecule has 1 unspecified atom stereocenters. The molecule has 7 nitrogen and oxygen atoms in total. The van der Waals surface area contributed by atoms with Crippen LogP contribution in [0, 0.1) is 0 Å². The monoisotopic (exact) mass is 465 g/mol. The van der Waals surface area contributed by atoms with Crippen molar-refractivity contribution in [2.45, 2.75) is 18.8 Å². The lowest BCUT2D eigenvalue weighted by Gasteiger charge is -2.28. The minimum Gasteiger partial charge on any atom is -0.465 e. The molecule has 2 aromatic heterocycles. The summed E-state index contributed by atoms with van der Waals surface area (Å²) in [5.41, 5.74) is 2.89. The number of aromatic nitrogens is 1. The summed E-state index contributed by atoms with van der Waals surface area (Å²) in [6.45, 7) is 0.483. The fraction of sp³-hybridized carbons (Fsp3) is 0.238. The molecule has 3 N–H and O–H groups in total. The predicted octanol–water partition coefficient (Wildman–Crippen LogP) is 4.72. The molecule has 3 heterocycles. The van der Waals surface area contributed by atoms with E-state index < -0.39 is 12.5 Å². The number of benzene rings is 1. The highest BCUT2D eigenvalue weighted by Crippen LogP contribution is 2.41. The maximum Gasteiger partial charge on any atom is 0.573 e. The Hall–Kier alpha value is -3.47. The SMILES string of the molecule is O=C(O)NCCC1CNC(=O)c2cc(-c3cccc(OC(F)(F)F)c3)c(-c3ccsc3)n21. The lowest BCUT2D eigenvalue weighted by atomic mass is 10.0. The molecule has 0 saturated heterocycles. The number of alkyl halides is 3. The Balaban J connectivity index is 1.82. The van der Waals surface area contributed by atoms with Crippen LogP contribution in [0.3, 0.4) is 0 Å². The highest BCUT2D eigenvalue weighted by molar-refractivity contribution is 7.08. The van der Waals surface area contributed by atoms with Crippen molar-refractivity contribution in [3.63, 3.8) is 0 Å². The number of fused-ring (bicyclic) bond motifs is 1. The van der Waals surface area contributed by atoms with E-state index in [-0.39, 0.29) is 24.2 Å². The van der Waals surface area contributed by atoms with Crippen molar-refractivity contribution in [1.29, 1.82) is 0 Å². The van der Waals surface area contributed by atoms with Gasteiger partial charge in [-0.15, -0.1) is 13.2 Å². The van der Waals surface area contributed by atoms with Crippen LogP contribution in [0.2, 0.25) is 0 Å². The Labute approximate surface area is 184 Å². The average molecular weight is 465 g/mol. The van der Waals surface area contributed by atoms with Gasteiger partial charge in [0.15, 0.2) is 0 Å². The molecular formula is C21H18F3N3O4S. The molecule has 0 bridgehead atoms. The van der Waals surface area contributed by atoms with Crippen molar-refractivity contribution in [3.8, 4) is 28.1 Å². The first-order valence-electron chi connectivity index (χ1n) is 9.62. The Bertz CT molecular complexity index is 1140. The van der Waals surface area contributed by atoms with E-state index in [9.17, 15) is 22.8 Å². The predicted molar refractivity (Wildman–Crippen MR) is 112 cm³/mol. The van der Waals surface area contributed by atoms with E-state index in [1.807, 2.05) is 21.4 Å². The normalized spacial score (nSPS) is 15.7. The summed E-state index contributed by atoms with van der Waals surface area (Å²) >= 11 is 1.45. The van der Waals surface area contributed by atoms with E-state index in [1.165, 1.54) is 29.5 Å². The van der Waals surface area contributed by atoms with E-state index in [2.05, 4.69) is 15.4 Å². The minimum absolute atomic E-state index is 0.181. The summed E-state index contributed by atoms with van der Waals surface area (Å²) in [4.78, 5) is 23.5. The zero-order chi connectivity index (χ0) is 22.9. The Morgan fingerprint density at radius 3 is 2.78 bits per heavy atom. The average Bonchev–Trinajstić information content (AvgIpc) is 3.36. The molecule has 1 aliphatic heterocycles. The summed E-state index contributed by atoms with van der Waals surface area (Å²) in [5, 5.41) is 17.8. The van der Waals surface area contributed by atoms with Gasteiger partial charge in [-0.3, -0.25) is 4.79 Å². The lowest BCUT2D eigenvalue weighted by Crippen LogP contribution is -2.40. The van der Waals surface area contributed by atoms with Gasteiger partial charge in [-0.05, 0) is 41.6 Å². The van der Waals surface area contributed by atoms with Crippen molar-refractivity contribution in [3.05, 3.63) is 52.9 Å². The Kier molecular flexibility index (Phi) is 5.83. The number of thiophene rings is 1. The molecule has 4 rings (SSSR count). The van der Waals surface area contributed by atoms with Gasteiger partial charge < -0.3 is 25.0 Å². The Morgan fingerprint density at radius 1 is 1.28 bits per heavy atom. The summed E-state index contributed by atoms with van der Waals surface area (Å²) in [7, 11) is 0. The molecular weight excluding hydrogens is 447 g/mol. The highest BCUT2D eigenvalue weighted by atomic mass is 32.1. The molecule has 0 aliphatic carbocycles. The zero-order valence-electron chi connectivity index (χ0n) is 16.5. The second kappa shape index (κ2) is 8.58. The molecule has 1 aliphatic rings. The largest absolute Gasteiger partial charge is 0.573 e. The number of nitrogens with one attached hydrogen (secondary N) is 2. The standard InChI is InChI=1S/C21H18F3N3O4S/c22-21(23,24)31-15-3-1-2-12(8-15)16-9-17-19(28)26-10-14(4-6-25-20(29)30)27(17)18(16)13-5-7-32-11-13/h1-3,5,7-9,11,14,25H,4,6,10H2,(H,26,28)(H,29,30). The van der Waals surface area contributed by atoms with Crippen molar-refractivity contribution >= 4 is 23.3 Å². The van der Waals surface area contributed by atoms with Gasteiger partial charge in [-0.2, -0.15) is 11.3 Å². The number of amides is 2. The van der Waals surface area contributed by atoms with Gasteiger partial charge >= 0.3 is 12.5 Å². The quantitative estimate of drug-likeness (QED) is 0.491. The van der Waals surface area contributed by atoms with E-state index in [1.54, 1.807) is 12.1 Å². The van der Waals surface area contributed by atoms with Crippen LogP contribution in [0.1, 0.15) is 23.0 Å². The summed E-state index contributed by atoms with van der Waals surface area (Å²) in [6.07, 6.45) is -5.54. The number of carbonyl (C=O) groups is 2. The molecule has 0 spiro atoms. The number of carbonyl (C=O) groups excluding carboxylic acids is 1. The maximum absolute atomic E-state index is 12.7. The number of nitrogens with zero attached hydrogens (tertiary/aromatic N) is 1. The van der Waals surface area contributed by atoms with Crippen LogP contribution in [0.15, 0.2) is 47.2 Å². The number of ether oxygens (including phenoxy) is 1. The van der Waals surface area contributed by atoms with Gasteiger partial charge in [-0.25, -0.2) is 4.79 Å². The molecule has 2 amide bonds. The third-order valence-corrected chi connectivity index (χ3v) is 5.74. The fourth-order valence-corrected chi connectivity index (χ4v) is 4.46. The van der Waals surface area contributed by atoms with Crippen LogP contribution in [0.5, 0.6) is 5.75 Å². The van der Waals surface area contributed by atoms with Crippen molar-refractivity contribution < 1.29 is 32.6 Å². The topological polar surface area (TPSA) is 92.6 Å². The van der Waals surface area contributed by atoms with E-state index in [0.29, 0.717) is 35.5 Å². The van der Waals surface area contributed by atoms with Gasteiger partial charge in [0.1, 0.15) is 11.4 Å². The van der Waals surface area contributed by atoms with Crippen LogP contribution in [-0.2, 0) is 0 Å². The van der Waals surface area contributed by atoms with Crippen LogP contribution >= 0.6 is 11.3 Å². The Morgan fingerprint density at radius 2 is 2.09 bits per heavy atom. The number of carboxylic acid groups (broad SMARTS) is 1. The van der Waals surface area contributed by atoms with Crippen molar-refractivity contribution in [2.24, 2.45) is 0 Å². The number of hydrogen-bond donors (Lipinski definition) is 3. The van der Waals surface area contributed by atoms with Crippen LogP contribution in [0.4, 0.5) is 18.0 Å². The lowest BCUT2D eigenvalue weighted by molar-refractivity contribution is -0.274. The zero-order valence-corrected chi connectivity index (χ0v) is 17.3. The number of rotatable bonds is 6. The molecule has 1 aromatic carbocycles. The van der Waals surface area contributed by atoms with E-state index in [0.717, 1.165) is 5.56 Å². The highest BCUT2D eigenvalue weighted by Gasteiger charge is 2.33. The molecule has 3 aromatic rings. The first kappa shape index (κ1) is 21.8. The van der Waals surface area contributed by atoms with Gasteiger partial charge in [-0.1, -0.05) is 12.1 Å². The molecule has 32 heavy (non-hydrogen) atoms. The molecule has 1 atom stereocenters. The summed E-state index contributed by atoms with van der Waals surface area (Å²) < 4.78 is 44.1. The summed E-state index contributed by atoms with van der Waals surface area (Å²) in [5.74, 6) is -0.667. The summed E-state index contributed by atoms with van der Waals surface area (Å²) in [6, 6.07) is 8.87. The molecule has 0 saturated carbocycles. The third-order valence-electron chi connectivity index (χ3n) is 5.06. The fourth-order valence-electron chi connectivity index (χ4n) is 3.82. The number of hydrogen-bond acceptors (Lipinski definition) is 4. The molecule has 11 heteroatoms. The second-order valence-corrected chi connectivity index (χ2v) is 7.91. The first-order chi connectivity index (χ1) is 15.2. The van der Waals surface area contributed by atoms with E-state index >= 15 is 0 Å². The van der Waals surface area contributed by atoms with E-state index in [4.69, 9.17) is 5.11 Å². The van der Waals surface area contributed by atoms with Gasteiger partial charge in [0.25, 0.3) is 5.91 Å². The van der Waals surface area contributed by atoms with Crippen LogP contribution in [0.25, 0.3) is 22.4 Å². The molecule has 168 valence electrons. The molecule has 0 fully saturated rings. The van der Waals surface area contributed by atoms with Gasteiger partial charge in [0, 0.05) is 29.6 Å². The second-order valence-electron chi connectivity index (χ2n) is 7.13. The van der Waals surface area contributed by atoms with Crippen molar-refractivity contribution in [2.75, 3.05) is 13.1 Å². The van der Waals surface area contributed by atoms with Crippen LogP contribution in [-0.4, -0.2) is 41.1 Å². The number of halogens is 3.